The van der Waals surface area contributed by atoms with Crippen molar-refractivity contribution in [1.29, 1.82) is 0 Å². The first-order valence-electron chi connectivity index (χ1n) is 8.38. The Morgan fingerprint density at radius 3 is 2.69 bits per heavy atom. The van der Waals surface area contributed by atoms with Gasteiger partial charge in [0.2, 0.25) is 0 Å². The van der Waals surface area contributed by atoms with Crippen LogP contribution in [-0.2, 0) is 0 Å². The number of rotatable bonds is 2. The van der Waals surface area contributed by atoms with Crippen molar-refractivity contribution >= 4 is 44.2 Å². The van der Waals surface area contributed by atoms with Crippen molar-refractivity contribution in [3.63, 3.8) is 0 Å². The molecular formula is C19H17ClFN3OS. The lowest BCUT2D eigenvalue weighted by Gasteiger charge is -2.34. The molecule has 0 spiro atoms. The van der Waals surface area contributed by atoms with Gasteiger partial charge in [0.1, 0.15) is 5.82 Å². The fourth-order valence-corrected chi connectivity index (χ4v) is 4.36. The number of amides is 1. The molecule has 134 valence electrons. The maximum absolute atomic E-state index is 13.3. The van der Waals surface area contributed by atoms with Crippen LogP contribution in [0.15, 0.2) is 36.4 Å². The van der Waals surface area contributed by atoms with Crippen LogP contribution in [0.2, 0.25) is 5.02 Å². The predicted octanol–water partition coefficient (Wildman–Crippen LogP) is 4.36. The van der Waals surface area contributed by atoms with Crippen LogP contribution in [0.4, 0.5) is 9.52 Å². The quantitative estimate of drug-likeness (QED) is 0.653. The Bertz CT molecular complexity index is 982. The number of hydrogen-bond donors (Lipinski definition) is 0. The van der Waals surface area contributed by atoms with E-state index in [1.165, 1.54) is 12.1 Å². The first-order chi connectivity index (χ1) is 12.5. The lowest BCUT2D eigenvalue weighted by atomic mass is 10.2. The van der Waals surface area contributed by atoms with Crippen LogP contribution in [0.3, 0.4) is 0 Å². The van der Waals surface area contributed by atoms with E-state index in [4.69, 9.17) is 16.6 Å². The summed E-state index contributed by atoms with van der Waals surface area (Å²) < 4.78 is 14.5. The predicted molar refractivity (Wildman–Crippen MR) is 104 cm³/mol. The van der Waals surface area contributed by atoms with E-state index in [0.29, 0.717) is 31.7 Å². The second-order valence-electron chi connectivity index (χ2n) is 6.31. The minimum atomic E-state index is -0.391. The summed E-state index contributed by atoms with van der Waals surface area (Å²) in [5.41, 5.74) is 2.33. The van der Waals surface area contributed by atoms with Crippen molar-refractivity contribution < 1.29 is 9.18 Å². The Morgan fingerprint density at radius 1 is 1.19 bits per heavy atom. The fourth-order valence-electron chi connectivity index (χ4n) is 3.13. The number of anilines is 1. The molecule has 0 N–H and O–H groups in total. The van der Waals surface area contributed by atoms with Gasteiger partial charge in [-0.1, -0.05) is 29.0 Å². The molecule has 3 aromatic rings. The summed E-state index contributed by atoms with van der Waals surface area (Å²) in [5.74, 6) is -0.519. The highest BCUT2D eigenvalue weighted by molar-refractivity contribution is 7.22. The number of thiazole rings is 1. The van der Waals surface area contributed by atoms with Gasteiger partial charge < -0.3 is 9.80 Å². The summed E-state index contributed by atoms with van der Waals surface area (Å²) in [6.45, 7) is 4.56. The molecule has 1 saturated heterocycles. The van der Waals surface area contributed by atoms with Crippen LogP contribution in [0.25, 0.3) is 10.2 Å². The lowest BCUT2D eigenvalue weighted by Crippen LogP contribution is -2.48. The zero-order chi connectivity index (χ0) is 18.3. The van der Waals surface area contributed by atoms with Gasteiger partial charge in [-0.05, 0) is 42.8 Å². The Hall–Kier alpha value is -2.18. The summed E-state index contributed by atoms with van der Waals surface area (Å²) >= 11 is 7.82. The van der Waals surface area contributed by atoms with Gasteiger partial charge in [-0.3, -0.25) is 4.79 Å². The zero-order valence-corrected chi connectivity index (χ0v) is 15.8. The minimum Gasteiger partial charge on any atom is -0.345 e. The number of nitrogens with zero attached hydrogens (tertiary/aromatic N) is 3. The number of halogens is 2. The van der Waals surface area contributed by atoms with E-state index < -0.39 is 5.82 Å². The van der Waals surface area contributed by atoms with E-state index in [1.54, 1.807) is 28.4 Å². The molecule has 1 aromatic heterocycles. The first-order valence-corrected chi connectivity index (χ1v) is 9.58. The molecule has 1 amide bonds. The molecule has 0 aliphatic carbocycles. The summed E-state index contributed by atoms with van der Waals surface area (Å²) in [7, 11) is 0. The van der Waals surface area contributed by atoms with E-state index in [-0.39, 0.29) is 5.91 Å². The minimum absolute atomic E-state index is 0.129. The molecule has 1 fully saturated rings. The first kappa shape index (κ1) is 17.2. The Balaban J connectivity index is 1.48. The summed E-state index contributed by atoms with van der Waals surface area (Å²) in [6, 6.07) is 9.74. The highest BCUT2D eigenvalue weighted by Crippen LogP contribution is 2.33. The summed E-state index contributed by atoms with van der Waals surface area (Å²) in [4.78, 5) is 21.2. The zero-order valence-electron chi connectivity index (χ0n) is 14.2. The number of hydrogen-bond acceptors (Lipinski definition) is 4. The fraction of sp³-hybridized carbons (Fsp3) is 0.263. The van der Waals surface area contributed by atoms with Crippen LogP contribution < -0.4 is 4.90 Å². The monoisotopic (exact) mass is 389 g/mol. The number of carbonyl (C=O) groups excluding carboxylic acids is 1. The van der Waals surface area contributed by atoms with Crippen molar-refractivity contribution in [3.05, 3.63) is 58.4 Å². The number of aryl methyl sites for hydroxylation is 1. The third-order valence-electron chi connectivity index (χ3n) is 4.65. The molecule has 1 aliphatic heterocycles. The molecule has 1 aliphatic rings. The molecule has 0 radical (unpaired) electrons. The average molecular weight is 390 g/mol. The van der Waals surface area contributed by atoms with Gasteiger partial charge >= 0.3 is 0 Å². The Labute approximate surface area is 159 Å². The van der Waals surface area contributed by atoms with Crippen LogP contribution in [0, 0.1) is 12.7 Å². The maximum Gasteiger partial charge on any atom is 0.254 e. The van der Waals surface area contributed by atoms with Gasteiger partial charge in [0.25, 0.3) is 5.91 Å². The molecule has 0 saturated carbocycles. The van der Waals surface area contributed by atoms with Gasteiger partial charge in [-0.2, -0.15) is 0 Å². The van der Waals surface area contributed by atoms with E-state index in [1.807, 2.05) is 19.1 Å². The second kappa shape index (κ2) is 6.85. The number of aromatic nitrogens is 1. The Morgan fingerprint density at radius 2 is 1.96 bits per heavy atom. The second-order valence-corrected chi connectivity index (χ2v) is 7.72. The van der Waals surface area contributed by atoms with Crippen molar-refractivity contribution in [1.82, 2.24) is 9.88 Å². The molecule has 0 bridgehead atoms. The standard InChI is InChI=1S/C19H17ClFN3OS/c1-12-15(20)5-6-16-17(12)22-19(26-16)24-9-7-23(8-10-24)18(25)13-3-2-4-14(21)11-13/h2-6,11H,7-10H2,1H3. The Kier molecular flexibility index (Phi) is 4.54. The van der Waals surface area contributed by atoms with Crippen molar-refractivity contribution in [3.8, 4) is 0 Å². The highest BCUT2D eigenvalue weighted by Gasteiger charge is 2.24. The average Bonchev–Trinajstić information content (AvgIpc) is 3.09. The molecule has 0 unspecified atom stereocenters. The lowest BCUT2D eigenvalue weighted by molar-refractivity contribution is 0.0746. The SMILES string of the molecule is Cc1c(Cl)ccc2sc(N3CCN(C(=O)c4cccc(F)c4)CC3)nc12. The molecular weight excluding hydrogens is 373 g/mol. The van der Waals surface area contributed by atoms with E-state index in [2.05, 4.69) is 4.90 Å². The van der Waals surface area contributed by atoms with Gasteiger partial charge in [0.15, 0.2) is 5.13 Å². The molecule has 2 heterocycles. The number of benzene rings is 2. The molecule has 26 heavy (non-hydrogen) atoms. The maximum atomic E-state index is 13.3. The van der Waals surface area contributed by atoms with Gasteiger partial charge in [0.05, 0.1) is 10.2 Å². The van der Waals surface area contributed by atoms with Crippen molar-refractivity contribution in [2.24, 2.45) is 0 Å². The summed E-state index contributed by atoms with van der Waals surface area (Å²) in [6.07, 6.45) is 0. The van der Waals surface area contributed by atoms with Crippen LogP contribution >= 0.6 is 22.9 Å². The molecule has 0 atom stereocenters. The number of fused-ring (bicyclic) bond motifs is 1. The van der Waals surface area contributed by atoms with Crippen molar-refractivity contribution in [2.45, 2.75) is 6.92 Å². The number of carbonyl (C=O) groups is 1. The molecule has 7 heteroatoms. The number of piperazine rings is 1. The largest absolute Gasteiger partial charge is 0.345 e. The third kappa shape index (κ3) is 3.15. The topological polar surface area (TPSA) is 36.4 Å². The molecule has 2 aromatic carbocycles. The van der Waals surface area contributed by atoms with E-state index in [9.17, 15) is 9.18 Å². The van der Waals surface area contributed by atoms with Gasteiger partial charge in [-0.25, -0.2) is 9.37 Å². The van der Waals surface area contributed by atoms with E-state index >= 15 is 0 Å². The highest BCUT2D eigenvalue weighted by atomic mass is 35.5. The summed E-state index contributed by atoms with van der Waals surface area (Å²) in [5, 5.41) is 1.67. The van der Waals surface area contributed by atoms with Gasteiger partial charge in [0, 0.05) is 36.8 Å². The third-order valence-corrected chi connectivity index (χ3v) is 6.14. The molecule has 4 nitrogen and oxygen atoms in total. The smallest absolute Gasteiger partial charge is 0.254 e. The van der Waals surface area contributed by atoms with Crippen LogP contribution in [0.5, 0.6) is 0 Å². The molecule has 4 rings (SSSR count). The van der Waals surface area contributed by atoms with Crippen LogP contribution in [0.1, 0.15) is 15.9 Å². The van der Waals surface area contributed by atoms with Crippen LogP contribution in [-0.4, -0.2) is 42.0 Å². The van der Waals surface area contributed by atoms with Crippen molar-refractivity contribution in [2.75, 3.05) is 31.1 Å². The van der Waals surface area contributed by atoms with E-state index in [0.717, 1.165) is 25.9 Å². The van der Waals surface area contributed by atoms with Gasteiger partial charge in [-0.15, -0.1) is 0 Å². The normalized spacial score (nSPS) is 14.9.